The minimum Gasteiger partial charge on any atom is -0.497 e. The summed E-state index contributed by atoms with van der Waals surface area (Å²) in [7, 11) is 1.65. The normalized spacial score (nSPS) is 17.0. The van der Waals surface area contributed by atoms with E-state index in [2.05, 4.69) is 25.8 Å². The van der Waals surface area contributed by atoms with E-state index in [1.165, 1.54) is 12.8 Å². The van der Waals surface area contributed by atoms with Crippen LogP contribution in [-0.2, 0) is 11.2 Å². The second-order valence-corrected chi connectivity index (χ2v) is 7.72. The molecule has 0 bridgehead atoms. The molecule has 0 radical (unpaired) electrons. The number of aryl methyl sites for hydroxylation is 1. The standard InChI is InChI=1S/C22H29N5O2/c1-17-23-20(25-9-3-4-10-25)16-21(24-17)26-11-13-27(14-12-26)22(28)15-18-5-7-19(29-2)8-6-18/h5-8,16H,3-4,9-15H2,1-2H3. The maximum Gasteiger partial charge on any atom is 0.227 e. The summed E-state index contributed by atoms with van der Waals surface area (Å²) >= 11 is 0. The van der Waals surface area contributed by atoms with E-state index in [0.717, 1.165) is 68.0 Å². The zero-order chi connectivity index (χ0) is 20.2. The monoisotopic (exact) mass is 395 g/mol. The number of methoxy groups -OCH3 is 1. The van der Waals surface area contributed by atoms with Gasteiger partial charge < -0.3 is 19.4 Å². The highest BCUT2D eigenvalue weighted by Gasteiger charge is 2.23. The number of ether oxygens (including phenoxy) is 1. The van der Waals surface area contributed by atoms with Crippen molar-refractivity contribution in [3.8, 4) is 5.75 Å². The molecular weight excluding hydrogens is 366 g/mol. The van der Waals surface area contributed by atoms with Crippen molar-refractivity contribution < 1.29 is 9.53 Å². The Morgan fingerprint density at radius 1 is 0.931 bits per heavy atom. The van der Waals surface area contributed by atoms with Crippen molar-refractivity contribution in [2.45, 2.75) is 26.2 Å². The molecule has 2 saturated heterocycles. The lowest BCUT2D eigenvalue weighted by molar-refractivity contribution is -0.130. The molecule has 0 aliphatic carbocycles. The number of hydrogen-bond donors (Lipinski definition) is 0. The second kappa shape index (κ2) is 8.68. The van der Waals surface area contributed by atoms with E-state index < -0.39 is 0 Å². The summed E-state index contributed by atoms with van der Waals surface area (Å²) in [5.74, 6) is 3.79. The molecule has 7 heteroatoms. The fourth-order valence-electron chi connectivity index (χ4n) is 4.02. The van der Waals surface area contributed by atoms with Crippen molar-refractivity contribution >= 4 is 17.5 Å². The summed E-state index contributed by atoms with van der Waals surface area (Å²) in [6, 6.07) is 9.81. The number of carbonyl (C=O) groups excluding carboxylic acids is 1. The lowest BCUT2D eigenvalue weighted by Crippen LogP contribution is -2.49. The quantitative estimate of drug-likeness (QED) is 0.774. The molecule has 1 amide bonds. The number of rotatable bonds is 5. The molecule has 29 heavy (non-hydrogen) atoms. The molecule has 2 aromatic rings. The maximum atomic E-state index is 12.7. The van der Waals surface area contributed by atoms with Gasteiger partial charge in [0.15, 0.2) is 0 Å². The number of carbonyl (C=O) groups is 1. The zero-order valence-corrected chi connectivity index (χ0v) is 17.3. The number of aromatic nitrogens is 2. The van der Waals surface area contributed by atoms with E-state index in [-0.39, 0.29) is 5.91 Å². The van der Waals surface area contributed by atoms with Crippen molar-refractivity contribution in [1.29, 1.82) is 0 Å². The molecule has 2 fully saturated rings. The van der Waals surface area contributed by atoms with Gasteiger partial charge in [0.05, 0.1) is 13.5 Å². The van der Waals surface area contributed by atoms with Gasteiger partial charge in [-0.15, -0.1) is 0 Å². The summed E-state index contributed by atoms with van der Waals surface area (Å²) < 4.78 is 5.18. The van der Waals surface area contributed by atoms with Crippen LogP contribution >= 0.6 is 0 Å². The van der Waals surface area contributed by atoms with Crippen LogP contribution in [0.4, 0.5) is 11.6 Å². The van der Waals surface area contributed by atoms with Gasteiger partial charge >= 0.3 is 0 Å². The smallest absolute Gasteiger partial charge is 0.227 e. The van der Waals surface area contributed by atoms with Gasteiger partial charge in [0.1, 0.15) is 23.2 Å². The zero-order valence-electron chi connectivity index (χ0n) is 17.3. The molecule has 3 heterocycles. The highest BCUT2D eigenvalue weighted by Crippen LogP contribution is 2.23. The van der Waals surface area contributed by atoms with Crippen LogP contribution in [0.2, 0.25) is 0 Å². The van der Waals surface area contributed by atoms with Crippen molar-refractivity contribution in [2.24, 2.45) is 0 Å². The van der Waals surface area contributed by atoms with Crippen LogP contribution in [0.1, 0.15) is 24.2 Å². The Balaban J connectivity index is 1.35. The molecule has 154 valence electrons. The molecule has 0 atom stereocenters. The number of piperazine rings is 1. The summed E-state index contributed by atoms with van der Waals surface area (Å²) in [6.45, 7) is 7.13. The number of nitrogens with zero attached hydrogens (tertiary/aromatic N) is 5. The van der Waals surface area contributed by atoms with E-state index in [1.54, 1.807) is 7.11 Å². The minimum absolute atomic E-state index is 0.173. The summed E-state index contributed by atoms with van der Waals surface area (Å²) in [4.78, 5) is 28.5. The van der Waals surface area contributed by atoms with Crippen LogP contribution in [0.3, 0.4) is 0 Å². The third-order valence-electron chi connectivity index (χ3n) is 5.71. The SMILES string of the molecule is COc1ccc(CC(=O)N2CCN(c3cc(N4CCCC4)nc(C)n3)CC2)cc1. The van der Waals surface area contributed by atoms with E-state index in [9.17, 15) is 4.79 Å². The van der Waals surface area contributed by atoms with Crippen LogP contribution in [0.5, 0.6) is 5.75 Å². The largest absolute Gasteiger partial charge is 0.497 e. The molecule has 1 aromatic heterocycles. The molecule has 4 rings (SSSR count). The summed E-state index contributed by atoms with van der Waals surface area (Å²) in [5.41, 5.74) is 1.01. The van der Waals surface area contributed by atoms with Gasteiger partial charge in [-0.3, -0.25) is 4.79 Å². The molecule has 0 N–H and O–H groups in total. The van der Waals surface area contributed by atoms with E-state index in [4.69, 9.17) is 4.74 Å². The van der Waals surface area contributed by atoms with Gasteiger partial charge in [0.2, 0.25) is 5.91 Å². The van der Waals surface area contributed by atoms with Gasteiger partial charge in [-0.05, 0) is 37.5 Å². The number of hydrogen-bond acceptors (Lipinski definition) is 6. The first-order chi connectivity index (χ1) is 14.1. The first kappa shape index (κ1) is 19.5. The molecule has 2 aliphatic rings. The van der Waals surface area contributed by atoms with Crippen molar-refractivity contribution in [3.05, 3.63) is 41.7 Å². The topological polar surface area (TPSA) is 61.8 Å². The van der Waals surface area contributed by atoms with Crippen molar-refractivity contribution in [1.82, 2.24) is 14.9 Å². The molecular formula is C22H29N5O2. The van der Waals surface area contributed by atoms with Crippen molar-refractivity contribution in [2.75, 3.05) is 56.2 Å². The third kappa shape index (κ3) is 4.60. The van der Waals surface area contributed by atoms with Gasteiger partial charge in [-0.1, -0.05) is 12.1 Å². The fraction of sp³-hybridized carbons (Fsp3) is 0.500. The third-order valence-corrected chi connectivity index (χ3v) is 5.71. The highest BCUT2D eigenvalue weighted by atomic mass is 16.5. The maximum absolute atomic E-state index is 12.7. The average Bonchev–Trinajstić information content (AvgIpc) is 3.29. The summed E-state index contributed by atoms with van der Waals surface area (Å²) in [6.07, 6.45) is 2.89. The molecule has 0 unspecified atom stereocenters. The molecule has 0 spiro atoms. The van der Waals surface area contributed by atoms with Gasteiger partial charge in [0.25, 0.3) is 0 Å². The summed E-state index contributed by atoms with van der Waals surface area (Å²) in [5, 5.41) is 0. The Hall–Kier alpha value is -2.83. The van der Waals surface area contributed by atoms with E-state index in [1.807, 2.05) is 36.1 Å². The van der Waals surface area contributed by atoms with Gasteiger partial charge in [0, 0.05) is 45.3 Å². The van der Waals surface area contributed by atoms with Gasteiger partial charge in [-0.2, -0.15) is 0 Å². The van der Waals surface area contributed by atoms with Crippen LogP contribution in [0.25, 0.3) is 0 Å². The number of benzene rings is 1. The molecule has 1 aromatic carbocycles. The van der Waals surface area contributed by atoms with Gasteiger partial charge in [-0.25, -0.2) is 9.97 Å². The Kier molecular flexibility index (Phi) is 5.83. The molecule has 0 saturated carbocycles. The minimum atomic E-state index is 0.173. The van der Waals surface area contributed by atoms with Crippen molar-refractivity contribution in [3.63, 3.8) is 0 Å². The van der Waals surface area contributed by atoms with Crippen LogP contribution in [0, 0.1) is 6.92 Å². The van der Waals surface area contributed by atoms with Crippen LogP contribution in [-0.4, -0.2) is 67.2 Å². The van der Waals surface area contributed by atoms with E-state index >= 15 is 0 Å². The lowest BCUT2D eigenvalue weighted by atomic mass is 10.1. The first-order valence-electron chi connectivity index (χ1n) is 10.4. The molecule has 2 aliphatic heterocycles. The Labute approximate surface area is 172 Å². The highest BCUT2D eigenvalue weighted by molar-refractivity contribution is 5.79. The predicted octanol–water partition coefficient (Wildman–Crippen LogP) is 2.29. The first-order valence-corrected chi connectivity index (χ1v) is 10.4. The predicted molar refractivity (Wildman–Crippen MR) is 114 cm³/mol. The van der Waals surface area contributed by atoms with E-state index in [0.29, 0.717) is 6.42 Å². The fourth-order valence-corrected chi connectivity index (χ4v) is 4.02. The lowest BCUT2D eigenvalue weighted by Gasteiger charge is -2.36. The number of amides is 1. The average molecular weight is 396 g/mol. The molecule has 7 nitrogen and oxygen atoms in total. The Morgan fingerprint density at radius 3 is 2.10 bits per heavy atom. The Morgan fingerprint density at radius 2 is 1.52 bits per heavy atom. The second-order valence-electron chi connectivity index (χ2n) is 7.72. The van der Waals surface area contributed by atoms with Crippen LogP contribution in [0.15, 0.2) is 30.3 Å². The number of anilines is 2. The van der Waals surface area contributed by atoms with Crippen LogP contribution < -0.4 is 14.5 Å². The Bertz CT molecular complexity index is 841.